The van der Waals surface area contributed by atoms with Crippen molar-refractivity contribution in [2.45, 2.75) is 71.2 Å². The third kappa shape index (κ3) is 5.30. The van der Waals surface area contributed by atoms with Crippen LogP contribution in [0.4, 0.5) is 5.82 Å². The molecule has 3 aromatic heterocycles. The van der Waals surface area contributed by atoms with Crippen molar-refractivity contribution >= 4 is 28.4 Å². The standard InChI is InChI=1S/C35H40N8O3/c1-19-4-6-27(39-33(19)40-34(46)28-11-35(12-31(35)38-28)18-42-15-22-8-23(9-22)16-42)30(45)17-43-29-7-5-24(25-13-36-21(3)37-14-25)10-26(29)32(41-43)20(2)44/h4-7,10,13-14,20,22-23,28,31,38,44H,8-9,11-12,15-18H2,1-3H3,(H,39,40,46)/t20?,22?,23?,28-,31?,35?/m0/s1. The second-order valence-corrected chi connectivity index (χ2v) is 14.2. The summed E-state index contributed by atoms with van der Waals surface area (Å²) in [4.78, 5) is 42.8. The summed E-state index contributed by atoms with van der Waals surface area (Å²) < 4.78 is 1.61. The molecule has 4 atom stereocenters. The summed E-state index contributed by atoms with van der Waals surface area (Å²) in [6.07, 6.45) is 7.48. The second-order valence-electron chi connectivity index (χ2n) is 14.2. The number of hydrogen-bond donors (Lipinski definition) is 3. The van der Waals surface area contributed by atoms with Gasteiger partial charge in [0.2, 0.25) is 11.7 Å². The normalized spacial score (nSPS) is 27.2. The summed E-state index contributed by atoms with van der Waals surface area (Å²) in [5.41, 5.74) is 4.21. The molecule has 3 unspecified atom stereocenters. The van der Waals surface area contributed by atoms with E-state index in [0.717, 1.165) is 58.8 Å². The van der Waals surface area contributed by atoms with E-state index in [0.29, 0.717) is 23.4 Å². The predicted octanol–water partition coefficient (Wildman–Crippen LogP) is 3.84. The van der Waals surface area contributed by atoms with Gasteiger partial charge in [0.1, 0.15) is 23.9 Å². The number of hydrogen-bond acceptors (Lipinski definition) is 9. The number of anilines is 1. The third-order valence-electron chi connectivity index (χ3n) is 10.6. The zero-order chi connectivity index (χ0) is 31.7. The Morgan fingerprint density at radius 2 is 1.83 bits per heavy atom. The first kappa shape index (κ1) is 29.3. The lowest BCUT2D eigenvalue weighted by Gasteiger charge is -2.48. The Kier molecular flexibility index (Phi) is 7.04. The monoisotopic (exact) mass is 620 g/mol. The topological polar surface area (TPSA) is 138 Å². The summed E-state index contributed by atoms with van der Waals surface area (Å²) in [7, 11) is 0. The number of aliphatic hydroxyl groups excluding tert-OH is 1. The molecular weight excluding hydrogens is 580 g/mol. The number of piperidine rings is 3. The van der Waals surface area contributed by atoms with Gasteiger partial charge in [-0.05, 0) is 87.6 Å². The number of benzene rings is 1. The Morgan fingerprint density at radius 1 is 1.07 bits per heavy atom. The highest BCUT2D eigenvalue weighted by Crippen LogP contribution is 2.56. The number of Topliss-reactive ketones (excluding diaryl/α,β-unsaturated/α-hetero) is 1. The van der Waals surface area contributed by atoms with Crippen LogP contribution >= 0.6 is 0 Å². The molecule has 5 aliphatic rings. The molecule has 5 fully saturated rings. The van der Waals surface area contributed by atoms with E-state index in [2.05, 4.69) is 35.6 Å². The smallest absolute Gasteiger partial charge is 0.242 e. The molecule has 3 aliphatic heterocycles. The number of nitrogens with one attached hydrogen (secondary N) is 2. The number of ketones is 1. The number of aromatic nitrogens is 5. The number of pyridine rings is 1. The number of nitrogens with zero attached hydrogens (tertiary/aromatic N) is 6. The molecule has 11 nitrogen and oxygen atoms in total. The first-order chi connectivity index (χ1) is 22.1. The van der Waals surface area contributed by atoms with Gasteiger partial charge in [0.05, 0.1) is 23.4 Å². The van der Waals surface area contributed by atoms with Crippen LogP contribution in [0.2, 0.25) is 0 Å². The third-order valence-corrected chi connectivity index (χ3v) is 10.6. The summed E-state index contributed by atoms with van der Waals surface area (Å²) in [6, 6.07) is 9.41. The van der Waals surface area contributed by atoms with E-state index in [1.807, 2.05) is 38.1 Å². The van der Waals surface area contributed by atoms with Gasteiger partial charge in [0.25, 0.3) is 0 Å². The number of amides is 1. The lowest BCUT2D eigenvalue weighted by molar-refractivity contribution is -0.118. The molecule has 238 valence electrons. The molecule has 1 amide bonds. The van der Waals surface area contributed by atoms with E-state index < -0.39 is 6.10 Å². The van der Waals surface area contributed by atoms with Gasteiger partial charge in [-0.15, -0.1) is 0 Å². The fraction of sp³-hybridized carbons (Fsp3) is 0.486. The lowest BCUT2D eigenvalue weighted by Crippen LogP contribution is -2.50. The predicted molar refractivity (Wildman–Crippen MR) is 173 cm³/mol. The van der Waals surface area contributed by atoms with Gasteiger partial charge < -0.3 is 20.6 Å². The van der Waals surface area contributed by atoms with Crippen molar-refractivity contribution in [3.8, 4) is 11.1 Å². The van der Waals surface area contributed by atoms with E-state index in [-0.39, 0.29) is 35.4 Å². The molecule has 9 rings (SSSR count). The summed E-state index contributed by atoms with van der Waals surface area (Å²) >= 11 is 0. The van der Waals surface area contributed by atoms with E-state index >= 15 is 0 Å². The highest BCUT2D eigenvalue weighted by molar-refractivity contribution is 5.98. The summed E-state index contributed by atoms with van der Waals surface area (Å²) in [5, 5.41) is 22.5. The summed E-state index contributed by atoms with van der Waals surface area (Å²) in [5.74, 6) is 2.51. The fourth-order valence-corrected chi connectivity index (χ4v) is 8.06. The fourth-order valence-electron chi connectivity index (χ4n) is 8.06. The molecule has 1 aromatic carbocycles. The molecule has 2 aliphatic carbocycles. The Hall–Kier alpha value is -4.06. The lowest BCUT2D eigenvalue weighted by atomic mass is 9.71. The molecule has 0 spiro atoms. The van der Waals surface area contributed by atoms with Gasteiger partial charge in [-0.3, -0.25) is 14.3 Å². The van der Waals surface area contributed by atoms with Crippen molar-refractivity contribution < 1.29 is 14.7 Å². The molecule has 3 saturated heterocycles. The van der Waals surface area contributed by atoms with E-state index in [4.69, 9.17) is 0 Å². The van der Waals surface area contributed by atoms with Crippen molar-refractivity contribution in [3.63, 3.8) is 0 Å². The average Bonchev–Trinajstić information content (AvgIpc) is 3.36. The number of carbonyl (C=O) groups excluding carboxylic acids is 2. The Balaban J connectivity index is 0.961. The van der Waals surface area contributed by atoms with Crippen LogP contribution in [0.15, 0.2) is 42.7 Å². The molecule has 11 heteroatoms. The van der Waals surface area contributed by atoms with E-state index in [1.165, 1.54) is 25.9 Å². The van der Waals surface area contributed by atoms with Gasteiger partial charge in [-0.1, -0.05) is 12.1 Å². The Bertz CT molecular complexity index is 1840. The zero-order valence-corrected chi connectivity index (χ0v) is 26.5. The number of fused-ring (bicyclic) bond motifs is 4. The van der Waals surface area contributed by atoms with Gasteiger partial charge >= 0.3 is 0 Å². The van der Waals surface area contributed by atoms with Crippen molar-refractivity contribution in [2.24, 2.45) is 17.3 Å². The summed E-state index contributed by atoms with van der Waals surface area (Å²) in [6.45, 7) is 8.82. The number of aliphatic hydroxyl groups is 1. The Labute approximate surface area is 267 Å². The van der Waals surface area contributed by atoms with Gasteiger partial charge in [0.15, 0.2) is 0 Å². The zero-order valence-electron chi connectivity index (χ0n) is 26.5. The van der Waals surface area contributed by atoms with Crippen molar-refractivity contribution in [2.75, 3.05) is 25.0 Å². The van der Waals surface area contributed by atoms with Crippen LogP contribution in [0, 0.1) is 31.1 Å². The largest absolute Gasteiger partial charge is 0.387 e. The number of aryl methyl sites for hydroxylation is 2. The van der Waals surface area contributed by atoms with Crippen LogP contribution in [0.25, 0.3) is 22.0 Å². The van der Waals surface area contributed by atoms with Gasteiger partial charge in [-0.2, -0.15) is 5.10 Å². The molecule has 2 bridgehead atoms. The molecule has 46 heavy (non-hydrogen) atoms. The molecule has 2 saturated carbocycles. The highest BCUT2D eigenvalue weighted by atomic mass is 16.3. The SMILES string of the molecule is Cc1ncc(-c2ccc3c(c2)c(C(C)O)nn3CC(=O)c2ccc(C)c(NC(=O)[C@@H]3CC4(CN5CC6CC(C6)C5)CC4N3)n2)cn1. The second kappa shape index (κ2) is 11.0. The van der Waals surface area contributed by atoms with Crippen LogP contribution in [0.3, 0.4) is 0 Å². The number of rotatable bonds is 9. The van der Waals surface area contributed by atoms with Crippen molar-refractivity contribution in [1.82, 2.24) is 34.9 Å². The van der Waals surface area contributed by atoms with Crippen LogP contribution in [0.5, 0.6) is 0 Å². The van der Waals surface area contributed by atoms with Gasteiger partial charge in [-0.25, -0.2) is 15.0 Å². The molecule has 4 aromatic rings. The van der Waals surface area contributed by atoms with Crippen molar-refractivity contribution in [3.05, 3.63) is 65.5 Å². The highest BCUT2D eigenvalue weighted by Gasteiger charge is 2.62. The minimum atomic E-state index is -0.831. The van der Waals surface area contributed by atoms with Crippen molar-refractivity contribution in [1.29, 1.82) is 0 Å². The molecule has 6 heterocycles. The van der Waals surface area contributed by atoms with Crippen LogP contribution in [-0.4, -0.2) is 78.1 Å². The average molecular weight is 621 g/mol. The molecule has 3 N–H and O–H groups in total. The minimum absolute atomic E-state index is 0.0632. The molecular formula is C35H40N8O3. The van der Waals surface area contributed by atoms with Crippen LogP contribution < -0.4 is 10.6 Å². The maximum absolute atomic E-state index is 13.5. The van der Waals surface area contributed by atoms with Crippen LogP contribution in [-0.2, 0) is 11.3 Å². The minimum Gasteiger partial charge on any atom is -0.387 e. The first-order valence-electron chi connectivity index (χ1n) is 16.4. The number of carbonyl (C=O) groups is 2. The maximum atomic E-state index is 13.5. The quantitative estimate of drug-likeness (QED) is 0.238. The Morgan fingerprint density at radius 3 is 2.57 bits per heavy atom. The first-order valence-corrected chi connectivity index (χ1v) is 16.4. The van der Waals surface area contributed by atoms with Gasteiger partial charge in [0, 0.05) is 54.4 Å². The molecule has 0 radical (unpaired) electrons. The van der Waals surface area contributed by atoms with Crippen LogP contribution in [0.1, 0.15) is 66.3 Å². The van der Waals surface area contributed by atoms with E-state index in [1.54, 1.807) is 30.1 Å². The maximum Gasteiger partial charge on any atom is 0.242 e. The van der Waals surface area contributed by atoms with E-state index in [9.17, 15) is 14.7 Å².